The van der Waals surface area contributed by atoms with Crippen molar-refractivity contribution < 1.29 is 9.59 Å². The van der Waals surface area contributed by atoms with Gasteiger partial charge in [-0.25, -0.2) is 0 Å². The highest BCUT2D eigenvalue weighted by Gasteiger charge is 2.38. The Morgan fingerprint density at radius 3 is 2.46 bits per heavy atom. The molecule has 2 aliphatic heterocycles. The van der Waals surface area contributed by atoms with Gasteiger partial charge in [0.1, 0.15) is 0 Å². The highest BCUT2D eigenvalue weighted by molar-refractivity contribution is 5.83. The van der Waals surface area contributed by atoms with Crippen LogP contribution in [0.15, 0.2) is 60.7 Å². The minimum absolute atomic E-state index is 0.0976. The first-order chi connectivity index (χ1) is 16.9. The SMILES string of the molecule is Cc1cccc(N2CCN(C(=O)CC[C@@]3(Cc4ccc5ccccc5c4)CCC(=O)N3)CC2)c1C. The molecule has 35 heavy (non-hydrogen) atoms. The molecule has 2 saturated heterocycles. The van der Waals surface area contributed by atoms with Gasteiger partial charge in [0, 0.05) is 50.2 Å². The van der Waals surface area contributed by atoms with Crippen LogP contribution >= 0.6 is 0 Å². The summed E-state index contributed by atoms with van der Waals surface area (Å²) in [6.45, 7) is 7.53. The van der Waals surface area contributed by atoms with Crippen molar-refractivity contribution >= 4 is 28.3 Å². The summed E-state index contributed by atoms with van der Waals surface area (Å²) < 4.78 is 0. The van der Waals surface area contributed by atoms with E-state index in [9.17, 15) is 9.59 Å². The quantitative estimate of drug-likeness (QED) is 0.565. The number of hydrogen-bond acceptors (Lipinski definition) is 3. The van der Waals surface area contributed by atoms with Gasteiger partial charge in [-0.2, -0.15) is 0 Å². The van der Waals surface area contributed by atoms with Crippen LogP contribution in [-0.2, 0) is 16.0 Å². The van der Waals surface area contributed by atoms with Crippen LogP contribution in [0.4, 0.5) is 5.69 Å². The topological polar surface area (TPSA) is 52.7 Å². The second-order valence-electron chi connectivity index (χ2n) is 10.3. The maximum Gasteiger partial charge on any atom is 0.222 e. The number of nitrogens with one attached hydrogen (secondary N) is 1. The first-order valence-corrected chi connectivity index (χ1v) is 12.8. The van der Waals surface area contributed by atoms with E-state index in [-0.39, 0.29) is 17.4 Å². The molecular formula is C30H35N3O2. The molecule has 0 aliphatic carbocycles. The number of aryl methyl sites for hydroxylation is 1. The summed E-state index contributed by atoms with van der Waals surface area (Å²) in [6.07, 6.45) is 3.23. The number of benzene rings is 3. The van der Waals surface area contributed by atoms with E-state index in [0.29, 0.717) is 19.3 Å². The second-order valence-corrected chi connectivity index (χ2v) is 10.3. The van der Waals surface area contributed by atoms with E-state index < -0.39 is 0 Å². The maximum atomic E-state index is 13.2. The predicted octanol–water partition coefficient (Wildman–Crippen LogP) is 4.78. The molecule has 2 fully saturated rings. The van der Waals surface area contributed by atoms with E-state index in [1.54, 1.807) is 0 Å². The molecule has 2 heterocycles. The fourth-order valence-electron chi connectivity index (χ4n) is 5.70. The molecule has 0 saturated carbocycles. The fourth-order valence-corrected chi connectivity index (χ4v) is 5.70. The molecule has 182 valence electrons. The molecule has 2 aliphatic rings. The molecule has 1 N–H and O–H groups in total. The third-order valence-corrected chi connectivity index (χ3v) is 7.96. The van der Waals surface area contributed by atoms with Crippen LogP contribution in [0.5, 0.6) is 0 Å². The van der Waals surface area contributed by atoms with Gasteiger partial charge in [-0.3, -0.25) is 9.59 Å². The van der Waals surface area contributed by atoms with E-state index in [0.717, 1.165) is 39.0 Å². The van der Waals surface area contributed by atoms with Crippen molar-refractivity contribution in [3.8, 4) is 0 Å². The molecule has 5 nitrogen and oxygen atoms in total. The fraction of sp³-hybridized carbons (Fsp3) is 0.400. The van der Waals surface area contributed by atoms with Crippen LogP contribution in [0.25, 0.3) is 10.8 Å². The molecule has 3 aromatic rings. The van der Waals surface area contributed by atoms with Gasteiger partial charge in [-0.05, 0) is 66.6 Å². The van der Waals surface area contributed by atoms with Gasteiger partial charge in [0.25, 0.3) is 0 Å². The summed E-state index contributed by atoms with van der Waals surface area (Å²) in [7, 11) is 0. The Bertz CT molecular complexity index is 1250. The number of carbonyl (C=O) groups excluding carboxylic acids is 2. The lowest BCUT2D eigenvalue weighted by atomic mass is 9.84. The van der Waals surface area contributed by atoms with E-state index in [1.165, 1.54) is 33.2 Å². The third-order valence-electron chi connectivity index (χ3n) is 7.96. The van der Waals surface area contributed by atoms with Gasteiger partial charge in [-0.15, -0.1) is 0 Å². The van der Waals surface area contributed by atoms with Gasteiger partial charge in [0.05, 0.1) is 0 Å². The molecule has 0 spiro atoms. The van der Waals surface area contributed by atoms with E-state index >= 15 is 0 Å². The van der Waals surface area contributed by atoms with Crippen LogP contribution in [0.2, 0.25) is 0 Å². The molecule has 0 radical (unpaired) electrons. The number of anilines is 1. The van der Waals surface area contributed by atoms with Crippen molar-refractivity contribution in [1.82, 2.24) is 10.2 Å². The predicted molar refractivity (Wildman–Crippen MR) is 142 cm³/mol. The van der Waals surface area contributed by atoms with Crippen LogP contribution in [-0.4, -0.2) is 48.4 Å². The molecule has 5 heteroatoms. The van der Waals surface area contributed by atoms with E-state index in [1.807, 2.05) is 11.0 Å². The Balaban J connectivity index is 1.21. The average Bonchev–Trinajstić information content (AvgIpc) is 3.24. The Labute approximate surface area is 208 Å². The normalized spacial score (nSPS) is 20.3. The molecule has 5 rings (SSSR count). The summed E-state index contributed by atoms with van der Waals surface area (Å²) in [4.78, 5) is 29.8. The lowest BCUT2D eigenvalue weighted by Crippen LogP contribution is -2.50. The summed E-state index contributed by atoms with van der Waals surface area (Å²) in [6, 6.07) is 21.3. The minimum atomic E-state index is -0.338. The molecule has 0 bridgehead atoms. The molecule has 2 amide bonds. The van der Waals surface area contributed by atoms with Crippen molar-refractivity contribution in [3.05, 3.63) is 77.4 Å². The third kappa shape index (κ3) is 5.04. The van der Waals surface area contributed by atoms with E-state index in [2.05, 4.69) is 78.7 Å². The number of piperazine rings is 1. The molecule has 0 unspecified atom stereocenters. The summed E-state index contributed by atoms with van der Waals surface area (Å²) in [5, 5.41) is 5.67. The largest absolute Gasteiger partial charge is 0.368 e. The summed E-state index contributed by atoms with van der Waals surface area (Å²) >= 11 is 0. The van der Waals surface area contributed by atoms with Crippen LogP contribution in [0.1, 0.15) is 42.4 Å². The Kier molecular flexibility index (Phi) is 6.50. The standard InChI is InChI=1S/C30H35N3O2/c1-22-6-5-9-27(23(22)2)32-16-18-33(19-17-32)29(35)13-15-30(14-12-28(34)31-30)21-24-10-11-25-7-3-4-8-26(25)20-24/h3-11,20H,12-19,21H2,1-2H3,(H,31,34)/t30-/m1/s1. The van der Waals surface area contributed by atoms with Crippen LogP contribution < -0.4 is 10.2 Å². The molecule has 1 atom stereocenters. The number of amides is 2. The van der Waals surface area contributed by atoms with Gasteiger partial charge in [-0.1, -0.05) is 54.6 Å². The van der Waals surface area contributed by atoms with Crippen molar-refractivity contribution in [1.29, 1.82) is 0 Å². The Morgan fingerprint density at radius 2 is 1.71 bits per heavy atom. The molecule has 0 aromatic heterocycles. The van der Waals surface area contributed by atoms with Crippen molar-refractivity contribution in [2.75, 3.05) is 31.1 Å². The van der Waals surface area contributed by atoms with Gasteiger partial charge < -0.3 is 15.1 Å². The average molecular weight is 470 g/mol. The zero-order valence-electron chi connectivity index (χ0n) is 20.8. The number of hydrogen-bond donors (Lipinski definition) is 1. The number of fused-ring (bicyclic) bond motifs is 1. The smallest absolute Gasteiger partial charge is 0.222 e. The second kappa shape index (κ2) is 9.73. The maximum absolute atomic E-state index is 13.2. The van der Waals surface area contributed by atoms with Gasteiger partial charge in [0.15, 0.2) is 0 Å². The highest BCUT2D eigenvalue weighted by atomic mass is 16.2. The number of rotatable bonds is 6. The molecular weight excluding hydrogens is 434 g/mol. The lowest BCUT2D eigenvalue weighted by molar-refractivity contribution is -0.132. The number of carbonyl (C=O) groups is 2. The van der Waals surface area contributed by atoms with Crippen LogP contribution in [0.3, 0.4) is 0 Å². The van der Waals surface area contributed by atoms with Gasteiger partial charge in [0.2, 0.25) is 11.8 Å². The zero-order valence-corrected chi connectivity index (χ0v) is 20.8. The number of nitrogens with zero attached hydrogens (tertiary/aromatic N) is 2. The highest BCUT2D eigenvalue weighted by Crippen LogP contribution is 2.31. The lowest BCUT2D eigenvalue weighted by Gasteiger charge is -2.38. The molecule has 3 aromatic carbocycles. The summed E-state index contributed by atoms with van der Waals surface area (Å²) in [5.74, 6) is 0.296. The monoisotopic (exact) mass is 469 g/mol. The summed E-state index contributed by atoms with van der Waals surface area (Å²) in [5.41, 5.74) is 4.77. The zero-order chi connectivity index (χ0) is 24.4. The first kappa shape index (κ1) is 23.4. The Morgan fingerprint density at radius 1 is 0.943 bits per heavy atom. The van der Waals surface area contributed by atoms with Gasteiger partial charge >= 0.3 is 0 Å². The van der Waals surface area contributed by atoms with Crippen molar-refractivity contribution in [2.45, 2.75) is 51.5 Å². The van der Waals surface area contributed by atoms with Crippen LogP contribution in [0, 0.1) is 13.8 Å². The van der Waals surface area contributed by atoms with Crippen molar-refractivity contribution in [3.63, 3.8) is 0 Å². The minimum Gasteiger partial charge on any atom is -0.368 e. The van der Waals surface area contributed by atoms with Crippen molar-refractivity contribution in [2.24, 2.45) is 0 Å². The Hall–Kier alpha value is -3.34. The van der Waals surface area contributed by atoms with E-state index in [4.69, 9.17) is 0 Å². The first-order valence-electron chi connectivity index (χ1n) is 12.8.